The second-order valence-electron chi connectivity index (χ2n) is 9.36. The van der Waals surface area contributed by atoms with Crippen LogP contribution in [0.25, 0.3) is 22.3 Å². The number of alkyl halides is 2. The maximum absolute atomic E-state index is 15.3. The quantitative estimate of drug-likeness (QED) is 0.118. The van der Waals surface area contributed by atoms with Gasteiger partial charge < -0.3 is 39.8 Å². The molecule has 7 N–H and O–H groups in total. The van der Waals surface area contributed by atoms with Gasteiger partial charge in [-0.3, -0.25) is 28.2 Å². The minimum atomic E-state index is -4.36. The number of nitrogens with two attached hydrogens (primary N) is 1. The van der Waals surface area contributed by atoms with E-state index in [0.29, 0.717) is 0 Å². The van der Waals surface area contributed by atoms with Crippen LogP contribution in [0.5, 0.6) is 0 Å². The number of aromatic amines is 2. The second kappa shape index (κ2) is 10.8. The Labute approximate surface area is 236 Å². The molecule has 0 spiro atoms. The molecular weight excluding hydrogens is 611 g/mol. The number of halogens is 2. The molecule has 2 aliphatic rings. The Balaban J connectivity index is 1.19. The van der Waals surface area contributed by atoms with E-state index in [-0.39, 0.29) is 28.3 Å². The average Bonchev–Trinajstić information content (AvgIpc) is 3.69. The Kier molecular flexibility index (Phi) is 7.40. The highest BCUT2D eigenvalue weighted by atomic mass is 32.5. The smallest absolute Gasteiger partial charge is 0.325 e. The number of fused-ring (bicyclic) bond motifs is 2. The van der Waals surface area contributed by atoms with Gasteiger partial charge in [-0.2, -0.15) is 4.98 Å². The predicted octanol–water partition coefficient (Wildman–Crippen LogP) is -1.72. The second-order valence-corrected chi connectivity index (χ2v) is 12.1. The Hall–Kier alpha value is -3.27. The van der Waals surface area contributed by atoms with Crippen LogP contribution < -0.4 is 16.9 Å². The summed E-state index contributed by atoms with van der Waals surface area (Å²) in [5.41, 5.74) is 4.05. The lowest BCUT2D eigenvalue weighted by Crippen LogP contribution is -2.33. The van der Waals surface area contributed by atoms with E-state index in [2.05, 4.69) is 29.9 Å². The molecular formula is C20H22F2N9O9PS. The van der Waals surface area contributed by atoms with Crippen molar-refractivity contribution >= 4 is 46.8 Å². The molecule has 6 heterocycles. The van der Waals surface area contributed by atoms with Crippen LogP contribution in [-0.4, -0.2) is 104 Å². The maximum Gasteiger partial charge on any atom is 0.325 e. The third kappa shape index (κ3) is 4.91. The zero-order valence-corrected chi connectivity index (χ0v) is 22.6. The van der Waals surface area contributed by atoms with E-state index >= 15 is 8.78 Å². The summed E-state index contributed by atoms with van der Waals surface area (Å²) in [6.07, 6.45) is -9.94. The molecule has 0 saturated carbocycles. The number of hydrogen-bond donors (Lipinski definition) is 6. The fourth-order valence-corrected chi connectivity index (χ4v) is 6.18. The van der Waals surface area contributed by atoms with Crippen molar-refractivity contribution in [3.05, 3.63) is 39.7 Å². The molecule has 22 heteroatoms. The van der Waals surface area contributed by atoms with Crippen molar-refractivity contribution in [1.29, 1.82) is 0 Å². The Bertz CT molecular complexity index is 1800. The van der Waals surface area contributed by atoms with E-state index in [9.17, 15) is 24.7 Å². The lowest BCUT2D eigenvalue weighted by atomic mass is 10.1. The number of ether oxygens (including phenoxy) is 2. The first-order valence-corrected chi connectivity index (χ1v) is 14.7. The van der Waals surface area contributed by atoms with Crippen LogP contribution in [0.1, 0.15) is 12.5 Å². The van der Waals surface area contributed by atoms with Crippen LogP contribution >= 0.6 is 6.72 Å². The molecule has 0 aromatic carbocycles. The first kappa shape index (κ1) is 28.8. The highest BCUT2D eigenvalue weighted by Crippen LogP contribution is 2.51. The molecule has 4 aromatic heterocycles. The number of nitrogens with one attached hydrogen (secondary N) is 2. The van der Waals surface area contributed by atoms with Crippen molar-refractivity contribution in [3.63, 3.8) is 0 Å². The number of anilines is 1. The van der Waals surface area contributed by atoms with Gasteiger partial charge in [-0.1, -0.05) is 0 Å². The fraction of sp³-hybridized carbons (Fsp3) is 0.500. The minimum absolute atomic E-state index is 0.000684. The summed E-state index contributed by atoms with van der Waals surface area (Å²) in [6.45, 7) is -5.83. The van der Waals surface area contributed by atoms with Gasteiger partial charge in [0.05, 0.1) is 32.2 Å². The summed E-state index contributed by atoms with van der Waals surface area (Å²) in [6, 6.07) is 0. The number of hydrogen-bond acceptors (Lipinski definition) is 14. The lowest BCUT2D eigenvalue weighted by Gasteiger charge is -2.26. The van der Waals surface area contributed by atoms with Crippen LogP contribution in [-0.2, 0) is 30.3 Å². The third-order valence-electron chi connectivity index (χ3n) is 6.76. The summed E-state index contributed by atoms with van der Waals surface area (Å²) < 4.78 is 54.5. The summed E-state index contributed by atoms with van der Waals surface area (Å²) in [4.78, 5) is 55.2. The number of nitrogen functional groups attached to an aromatic ring is 1. The van der Waals surface area contributed by atoms with E-state index < -0.39 is 80.3 Å². The maximum atomic E-state index is 15.3. The van der Waals surface area contributed by atoms with Crippen molar-refractivity contribution in [2.24, 2.45) is 0 Å². The molecule has 226 valence electrons. The van der Waals surface area contributed by atoms with Gasteiger partial charge in [-0.05, 0) is 11.8 Å². The molecule has 42 heavy (non-hydrogen) atoms. The van der Waals surface area contributed by atoms with Crippen LogP contribution in [0.15, 0.2) is 28.6 Å². The standard InChI is InChI=1S/C20H22F2N9O9PS/c21-8-6(1-32)38-19(31-5-27-11-15(31)28-20(23)29-17(11)35)13(8)40-41(36,42)37-2-7-12(33)9(22)18(39-7)30-4-26-10-14(30)24-3-25-16(10)34/h3-9,12-13,18-19,32-33H,1-2H2,(H,36,42)(H,24,25,34)(H3,23,28,29,35)/t6-,7-,8-,9-,12-,13-,18+,19-,41?/m1/s1. The molecule has 0 radical (unpaired) electrons. The van der Waals surface area contributed by atoms with Gasteiger partial charge in [0.1, 0.15) is 24.4 Å². The molecule has 2 aliphatic heterocycles. The molecule has 18 nitrogen and oxygen atoms in total. The molecule has 0 amide bonds. The van der Waals surface area contributed by atoms with Crippen molar-refractivity contribution in [1.82, 2.24) is 39.0 Å². The van der Waals surface area contributed by atoms with Gasteiger partial charge in [0, 0.05) is 0 Å². The molecule has 1 unspecified atom stereocenters. The van der Waals surface area contributed by atoms with Gasteiger partial charge in [-0.15, -0.1) is 0 Å². The van der Waals surface area contributed by atoms with Gasteiger partial charge in [-0.25, -0.2) is 23.7 Å². The number of nitrogens with zero attached hydrogens (tertiary/aromatic N) is 6. The molecule has 4 aromatic rings. The van der Waals surface area contributed by atoms with E-state index in [1.807, 2.05) is 0 Å². The largest absolute Gasteiger partial charge is 0.394 e. The fourth-order valence-electron chi connectivity index (χ4n) is 4.77. The monoisotopic (exact) mass is 633 g/mol. The number of aliphatic hydroxyl groups excluding tert-OH is 2. The highest BCUT2D eigenvalue weighted by Gasteiger charge is 2.51. The Morgan fingerprint density at radius 3 is 2.43 bits per heavy atom. The molecule has 0 bridgehead atoms. The molecule has 2 saturated heterocycles. The average molecular weight is 633 g/mol. The number of H-pyrrole nitrogens is 2. The Morgan fingerprint density at radius 2 is 1.71 bits per heavy atom. The molecule has 9 atom stereocenters. The van der Waals surface area contributed by atoms with Crippen LogP contribution in [0, 0.1) is 0 Å². The van der Waals surface area contributed by atoms with E-state index in [4.69, 9.17) is 36.1 Å². The van der Waals surface area contributed by atoms with Crippen LogP contribution in [0.3, 0.4) is 0 Å². The molecule has 2 fully saturated rings. The van der Waals surface area contributed by atoms with E-state index in [1.54, 1.807) is 0 Å². The van der Waals surface area contributed by atoms with Crippen molar-refractivity contribution in [2.45, 2.75) is 49.2 Å². The first-order chi connectivity index (χ1) is 20.0. The number of aromatic nitrogens is 8. The SMILES string of the molecule is Nc1nc2c(ncn2[C@@H]2O[C@H](CO)[C@@H](F)[C@H]2OP(O)(=S)OC[C@H]2O[C@H](n3cnc4c(=O)[nH]cnc43)[C@H](F)[C@@H]2O)c(=O)[nH]1. The van der Waals surface area contributed by atoms with Crippen LogP contribution in [0.2, 0.25) is 0 Å². The number of imidazole rings is 2. The topological polar surface area (TPSA) is 251 Å². The first-order valence-electron chi connectivity index (χ1n) is 12.2. The van der Waals surface area contributed by atoms with Gasteiger partial charge in [0.25, 0.3) is 11.1 Å². The summed E-state index contributed by atoms with van der Waals surface area (Å²) >= 11 is 5.04. The predicted molar refractivity (Wildman–Crippen MR) is 139 cm³/mol. The zero-order chi connectivity index (χ0) is 29.9. The number of aliphatic hydroxyl groups is 2. The Morgan fingerprint density at radius 1 is 1.05 bits per heavy atom. The minimum Gasteiger partial charge on any atom is -0.394 e. The summed E-state index contributed by atoms with van der Waals surface area (Å²) in [5.74, 6) is -0.262. The van der Waals surface area contributed by atoms with Gasteiger partial charge >= 0.3 is 6.72 Å². The van der Waals surface area contributed by atoms with E-state index in [1.165, 1.54) is 0 Å². The highest BCUT2D eigenvalue weighted by molar-refractivity contribution is 8.07. The van der Waals surface area contributed by atoms with E-state index in [0.717, 1.165) is 28.1 Å². The van der Waals surface area contributed by atoms with Gasteiger partial charge in [0.2, 0.25) is 5.95 Å². The molecule has 0 aliphatic carbocycles. The van der Waals surface area contributed by atoms with Crippen molar-refractivity contribution in [2.75, 3.05) is 18.9 Å². The van der Waals surface area contributed by atoms with Crippen molar-refractivity contribution in [3.8, 4) is 0 Å². The number of rotatable bonds is 8. The van der Waals surface area contributed by atoms with Crippen LogP contribution in [0.4, 0.5) is 14.7 Å². The zero-order valence-electron chi connectivity index (χ0n) is 20.9. The normalized spacial score (nSPS) is 31.3. The van der Waals surface area contributed by atoms with Crippen molar-refractivity contribution < 1.29 is 42.4 Å². The summed E-state index contributed by atoms with van der Waals surface area (Å²) in [7, 11) is 0. The lowest BCUT2D eigenvalue weighted by molar-refractivity contribution is -0.0553. The molecule has 6 rings (SSSR count). The van der Waals surface area contributed by atoms with Gasteiger partial charge in [0.15, 0.2) is 47.1 Å². The third-order valence-corrected chi connectivity index (χ3v) is 8.32. The summed E-state index contributed by atoms with van der Waals surface area (Å²) in [5, 5.41) is 20.0.